The van der Waals surface area contributed by atoms with E-state index < -0.39 is 18.2 Å². The van der Waals surface area contributed by atoms with Crippen LogP contribution in [0.15, 0.2) is 60.8 Å². The highest BCUT2D eigenvalue weighted by molar-refractivity contribution is 5.78. The molecule has 0 aliphatic carbocycles. The number of aromatic nitrogens is 3. The van der Waals surface area contributed by atoms with Crippen LogP contribution in [-0.4, -0.2) is 52.5 Å². The molecule has 3 N–H and O–H groups in total. The lowest BCUT2D eigenvalue weighted by Crippen LogP contribution is -2.49. The van der Waals surface area contributed by atoms with Gasteiger partial charge in [-0.15, -0.1) is 13.2 Å². The summed E-state index contributed by atoms with van der Waals surface area (Å²) in [6.45, 7) is 9.18. The third kappa shape index (κ3) is 6.84. The molecule has 1 aliphatic heterocycles. The first-order valence-electron chi connectivity index (χ1n) is 14.0. The maximum absolute atomic E-state index is 12.8. The first-order chi connectivity index (χ1) is 20.0. The number of pyridine rings is 1. The van der Waals surface area contributed by atoms with Crippen LogP contribution in [0.3, 0.4) is 0 Å². The van der Waals surface area contributed by atoms with Crippen LogP contribution in [0, 0.1) is 12.8 Å². The number of piperazine rings is 1. The van der Waals surface area contributed by atoms with Crippen LogP contribution in [0.1, 0.15) is 42.3 Å². The number of aryl methyl sites for hydroxylation is 1. The average Bonchev–Trinajstić information content (AvgIpc) is 3.27. The third-order valence-corrected chi connectivity index (χ3v) is 7.82. The van der Waals surface area contributed by atoms with E-state index >= 15 is 0 Å². The van der Waals surface area contributed by atoms with Crippen LogP contribution in [0.5, 0.6) is 5.75 Å². The van der Waals surface area contributed by atoms with Crippen LogP contribution >= 0.6 is 0 Å². The number of carbonyl (C=O) groups is 1. The van der Waals surface area contributed by atoms with Gasteiger partial charge in [-0.05, 0) is 66.8 Å². The van der Waals surface area contributed by atoms with Crippen LogP contribution in [0.25, 0.3) is 11.2 Å². The van der Waals surface area contributed by atoms with E-state index in [-0.39, 0.29) is 18.1 Å². The van der Waals surface area contributed by atoms with Crippen molar-refractivity contribution < 1.29 is 22.7 Å². The average molecular weight is 581 g/mol. The quantitative estimate of drug-likeness (QED) is 0.291. The van der Waals surface area contributed by atoms with Gasteiger partial charge in [-0.25, -0.2) is 9.97 Å². The number of amides is 1. The minimum Gasteiger partial charge on any atom is -0.406 e. The molecule has 5 rings (SSSR count). The lowest BCUT2D eigenvalue weighted by atomic mass is 9.84. The fourth-order valence-electron chi connectivity index (χ4n) is 5.57. The number of hydrogen-bond acceptors (Lipinski definition) is 6. The number of hydrogen-bond donors (Lipinski definition) is 2. The molecule has 42 heavy (non-hydrogen) atoms. The summed E-state index contributed by atoms with van der Waals surface area (Å²) in [5, 5.41) is 3.45. The molecule has 3 heterocycles. The number of nitrogens with one attached hydrogen (secondary N) is 1. The molecule has 0 saturated carbocycles. The fourth-order valence-corrected chi connectivity index (χ4v) is 5.57. The Morgan fingerprint density at radius 2 is 1.88 bits per heavy atom. The summed E-state index contributed by atoms with van der Waals surface area (Å²) >= 11 is 0. The molecule has 1 fully saturated rings. The van der Waals surface area contributed by atoms with Gasteiger partial charge in [0.1, 0.15) is 17.1 Å². The highest BCUT2D eigenvalue weighted by Gasteiger charge is 2.31. The van der Waals surface area contributed by atoms with E-state index in [0.717, 1.165) is 42.0 Å². The molecular formula is C31H35F3N6O2. The number of primary amides is 1. The molecule has 0 spiro atoms. The van der Waals surface area contributed by atoms with Crippen molar-refractivity contribution in [2.45, 2.75) is 52.1 Å². The number of nitrogens with two attached hydrogens (primary N) is 1. The predicted octanol–water partition coefficient (Wildman–Crippen LogP) is 4.93. The second-order valence-corrected chi connectivity index (χ2v) is 11.1. The zero-order valence-electron chi connectivity index (χ0n) is 23.9. The Balaban J connectivity index is 1.40. The van der Waals surface area contributed by atoms with E-state index in [0.29, 0.717) is 29.6 Å². The standard InChI is InChI=1S/C31H35F3N6O2/c1-19-14-27-30(37-16-19)40(18-22-4-10-25(11-5-22)42-31(32,33)34)28(38-27)15-26(29(35)41)21(3)23-6-8-24(9-7-23)39-13-12-36-20(2)17-39/h4-11,14,16,20-21,26,36H,12-13,15,17-18H2,1-3H3,(H2,35,41)/t20-,21+,26?/m0/s1. The van der Waals surface area contributed by atoms with Gasteiger partial charge in [-0.1, -0.05) is 31.2 Å². The normalized spacial score (nSPS) is 17.3. The van der Waals surface area contributed by atoms with Gasteiger partial charge in [0.05, 0.1) is 12.5 Å². The van der Waals surface area contributed by atoms with Gasteiger partial charge in [-0.3, -0.25) is 4.79 Å². The van der Waals surface area contributed by atoms with Crippen molar-refractivity contribution in [1.29, 1.82) is 0 Å². The lowest BCUT2D eigenvalue weighted by molar-refractivity contribution is -0.274. The number of nitrogens with zero attached hydrogens (tertiary/aromatic N) is 4. The summed E-state index contributed by atoms with van der Waals surface area (Å²) in [4.78, 5) is 24.6. The topological polar surface area (TPSA) is 98.3 Å². The highest BCUT2D eigenvalue weighted by atomic mass is 19.4. The molecule has 4 aromatic rings. The molecule has 3 atom stereocenters. The Morgan fingerprint density at radius 1 is 1.17 bits per heavy atom. The van der Waals surface area contributed by atoms with Crippen molar-refractivity contribution >= 4 is 22.8 Å². The summed E-state index contributed by atoms with van der Waals surface area (Å²) < 4.78 is 43.7. The monoisotopic (exact) mass is 580 g/mol. The van der Waals surface area contributed by atoms with E-state index in [1.54, 1.807) is 18.3 Å². The predicted molar refractivity (Wildman–Crippen MR) is 155 cm³/mol. The molecular weight excluding hydrogens is 545 g/mol. The minimum absolute atomic E-state index is 0.180. The van der Waals surface area contributed by atoms with E-state index in [1.807, 2.05) is 24.5 Å². The van der Waals surface area contributed by atoms with E-state index in [9.17, 15) is 18.0 Å². The second kappa shape index (κ2) is 12.0. The molecule has 2 aromatic heterocycles. The Labute approximate surface area is 242 Å². The van der Waals surface area contributed by atoms with Gasteiger partial charge >= 0.3 is 6.36 Å². The van der Waals surface area contributed by atoms with Gasteiger partial charge < -0.3 is 25.3 Å². The smallest absolute Gasteiger partial charge is 0.406 e. The molecule has 0 bridgehead atoms. The first kappa shape index (κ1) is 29.4. The Bertz CT molecular complexity index is 1540. The summed E-state index contributed by atoms with van der Waals surface area (Å²) in [5.74, 6) is -0.829. The SMILES string of the molecule is Cc1cnc2c(c1)nc(CC(C(N)=O)[C@H](C)c1ccc(N3CCN[C@@H](C)C3)cc1)n2Cc1ccc(OC(F)(F)F)cc1. The van der Waals surface area contributed by atoms with Crippen LogP contribution < -0.4 is 20.7 Å². The van der Waals surface area contributed by atoms with Gasteiger partial charge in [0, 0.05) is 44.0 Å². The summed E-state index contributed by atoms with van der Waals surface area (Å²) in [7, 11) is 0. The third-order valence-electron chi connectivity index (χ3n) is 7.82. The van der Waals surface area contributed by atoms with E-state index in [2.05, 4.69) is 51.1 Å². The molecule has 0 radical (unpaired) electrons. The zero-order chi connectivity index (χ0) is 30.0. The number of rotatable bonds is 9. The number of fused-ring (bicyclic) bond motifs is 1. The van der Waals surface area contributed by atoms with E-state index in [4.69, 9.17) is 10.7 Å². The fraction of sp³-hybridized carbons (Fsp3) is 0.387. The number of carbonyl (C=O) groups excluding carboxylic acids is 1. The molecule has 2 aromatic carbocycles. The van der Waals surface area contributed by atoms with Crippen molar-refractivity contribution in [3.63, 3.8) is 0 Å². The molecule has 222 valence electrons. The van der Waals surface area contributed by atoms with Crippen molar-refractivity contribution in [3.8, 4) is 5.75 Å². The van der Waals surface area contributed by atoms with Crippen molar-refractivity contribution in [2.75, 3.05) is 24.5 Å². The number of imidazole rings is 1. The molecule has 8 nitrogen and oxygen atoms in total. The van der Waals surface area contributed by atoms with Crippen molar-refractivity contribution in [2.24, 2.45) is 11.7 Å². The summed E-state index contributed by atoms with van der Waals surface area (Å²) in [6.07, 6.45) is -2.75. The van der Waals surface area contributed by atoms with Crippen molar-refractivity contribution in [3.05, 3.63) is 83.3 Å². The largest absolute Gasteiger partial charge is 0.573 e. The Morgan fingerprint density at radius 3 is 2.52 bits per heavy atom. The zero-order valence-corrected chi connectivity index (χ0v) is 23.9. The van der Waals surface area contributed by atoms with Crippen LogP contribution in [0.4, 0.5) is 18.9 Å². The maximum Gasteiger partial charge on any atom is 0.573 e. The minimum atomic E-state index is -4.76. The Hall–Kier alpha value is -4.12. The van der Waals surface area contributed by atoms with Crippen molar-refractivity contribution in [1.82, 2.24) is 19.9 Å². The molecule has 1 amide bonds. The molecule has 1 saturated heterocycles. The van der Waals surface area contributed by atoms with Gasteiger partial charge in [-0.2, -0.15) is 0 Å². The molecule has 1 unspecified atom stereocenters. The number of halogens is 3. The molecule has 1 aliphatic rings. The van der Waals surface area contributed by atoms with Gasteiger partial charge in [0.15, 0.2) is 5.65 Å². The van der Waals surface area contributed by atoms with E-state index in [1.165, 1.54) is 12.1 Å². The number of alkyl halides is 3. The second-order valence-electron chi connectivity index (χ2n) is 11.1. The Kier molecular flexibility index (Phi) is 8.40. The van der Waals surface area contributed by atoms with Crippen LogP contribution in [0.2, 0.25) is 0 Å². The van der Waals surface area contributed by atoms with Gasteiger partial charge in [0.2, 0.25) is 5.91 Å². The lowest BCUT2D eigenvalue weighted by Gasteiger charge is -2.34. The summed E-state index contributed by atoms with van der Waals surface area (Å²) in [5.41, 5.74) is 11.1. The van der Waals surface area contributed by atoms with Gasteiger partial charge in [0.25, 0.3) is 0 Å². The number of benzene rings is 2. The maximum atomic E-state index is 12.8. The molecule has 11 heteroatoms. The van der Waals surface area contributed by atoms with Crippen LogP contribution in [-0.2, 0) is 17.8 Å². The number of ether oxygens (including phenoxy) is 1. The number of anilines is 1. The highest BCUT2D eigenvalue weighted by Crippen LogP contribution is 2.31. The first-order valence-corrected chi connectivity index (χ1v) is 14.0. The summed E-state index contributed by atoms with van der Waals surface area (Å²) in [6, 6.07) is 16.3.